The molecule has 3 heteroatoms. The molecular weight excluding hydrogens is 250 g/mol. The zero-order valence-corrected chi connectivity index (χ0v) is 10.7. The Morgan fingerprint density at radius 2 is 1.70 bits per heavy atom. The number of benzene rings is 2. The maximum atomic E-state index is 12.0. The number of aromatic nitrogens is 1. The Morgan fingerprint density at radius 3 is 2.55 bits per heavy atom. The number of H-pyrrole nitrogens is 1. The highest BCUT2D eigenvalue weighted by molar-refractivity contribution is 5.81. The van der Waals surface area contributed by atoms with Crippen LogP contribution in [0.2, 0.25) is 0 Å². The van der Waals surface area contributed by atoms with E-state index in [1.807, 2.05) is 30.3 Å². The van der Waals surface area contributed by atoms with Gasteiger partial charge in [-0.2, -0.15) is 0 Å². The van der Waals surface area contributed by atoms with Gasteiger partial charge in [-0.05, 0) is 30.4 Å². The van der Waals surface area contributed by atoms with Crippen molar-refractivity contribution in [2.75, 3.05) is 0 Å². The van der Waals surface area contributed by atoms with Crippen LogP contribution in [0, 0.1) is 0 Å². The summed E-state index contributed by atoms with van der Waals surface area (Å²) in [6.07, 6.45) is 3.55. The molecule has 1 heterocycles. The minimum Gasteiger partial charge on any atom is -0.507 e. The van der Waals surface area contributed by atoms with E-state index < -0.39 is 0 Å². The number of hydrogen-bond acceptors (Lipinski definition) is 2. The van der Waals surface area contributed by atoms with Crippen LogP contribution >= 0.6 is 0 Å². The van der Waals surface area contributed by atoms with Crippen molar-refractivity contribution >= 4 is 23.1 Å². The number of fused-ring (bicyclic) bond motifs is 1. The van der Waals surface area contributed by atoms with E-state index in [9.17, 15) is 9.90 Å². The number of nitrogens with one attached hydrogen (secondary N) is 1. The molecule has 0 bridgehead atoms. The maximum absolute atomic E-state index is 12.0. The second-order valence-corrected chi connectivity index (χ2v) is 4.53. The van der Waals surface area contributed by atoms with E-state index in [4.69, 9.17) is 0 Å². The lowest BCUT2D eigenvalue weighted by molar-refractivity contribution is 0.474. The van der Waals surface area contributed by atoms with E-state index in [0.29, 0.717) is 16.6 Å². The van der Waals surface area contributed by atoms with Crippen molar-refractivity contribution in [2.24, 2.45) is 0 Å². The number of phenolic OH excluding ortho intramolecular Hbond substituents is 1. The topological polar surface area (TPSA) is 53.1 Å². The Balaban J connectivity index is 2.04. The molecule has 0 atom stereocenters. The molecule has 2 aromatic carbocycles. The summed E-state index contributed by atoms with van der Waals surface area (Å²) in [6.45, 7) is 0. The van der Waals surface area contributed by atoms with Gasteiger partial charge in [-0.3, -0.25) is 4.79 Å². The highest BCUT2D eigenvalue weighted by Gasteiger charge is 1.99. The third kappa shape index (κ3) is 2.34. The molecule has 1 aromatic heterocycles. The summed E-state index contributed by atoms with van der Waals surface area (Å²) in [5.41, 5.74) is 2.20. The number of phenols is 1. The van der Waals surface area contributed by atoms with Gasteiger partial charge in [0.25, 0.3) is 0 Å². The predicted octanol–water partition coefficient (Wildman–Crippen LogP) is 3.40. The van der Waals surface area contributed by atoms with Crippen molar-refractivity contribution in [3.05, 3.63) is 76.1 Å². The molecule has 2 N–H and O–H groups in total. The highest BCUT2D eigenvalue weighted by atomic mass is 16.3. The SMILES string of the molecule is O=c1cc(/C=C/c2ccccc2O)[nH]c2ccccc12. The normalized spacial score (nSPS) is 11.2. The summed E-state index contributed by atoms with van der Waals surface area (Å²) < 4.78 is 0. The van der Waals surface area contributed by atoms with Gasteiger partial charge in [0.05, 0.1) is 0 Å². The lowest BCUT2D eigenvalue weighted by Gasteiger charge is -2.01. The smallest absolute Gasteiger partial charge is 0.189 e. The summed E-state index contributed by atoms with van der Waals surface area (Å²) in [5.74, 6) is 0.215. The van der Waals surface area contributed by atoms with Gasteiger partial charge in [-0.15, -0.1) is 0 Å². The first-order chi connectivity index (χ1) is 9.74. The van der Waals surface area contributed by atoms with Crippen LogP contribution in [0.15, 0.2) is 59.4 Å². The van der Waals surface area contributed by atoms with Crippen LogP contribution < -0.4 is 5.43 Å². The van der Waals surface area contributed by atoms with Crippen molar-refractivity contribution in [3.63, 3.8) is 0 Å². The number of pyridine rings is 1. The van der Waals surface area contributed by atoms with Crippen LogP contribution in [0.25, 0.3) is 23.1 Å². The van der Waals surface area contributed by atoms with E-state index >= 15 is 0 Å². The van der Waals surface area contributed by atoms with Crippen molar-refractivity contribution < 1.29 is 5.11 Å². The molecule has 3 aromatic rings. The summed E-state index contributed by atoms with van der Waals surface area (Å²) in [5, 5.41) is 10.4. The van der Waals surface area contributed by atoms with Gasteiger partial charge < -0.3 is 10.1 Å². The molecule has 0 spiro atoms. The monoisotopic (exact) mass is 263 g/mol. The van der Waals surface area contributed by atoms with Gasteiger partial charge >= 0.3 is 0 Å². The van der Waals surface area contributed by atoms with Crippen LogP contribution in [0.5, 0.6) is 5.75 Å². The molecule has 0 aliphatic rings. The molecule has 0 aliphatic heterocycles. The number of aromatic amines is 1. The standard InChI is InChI=1S/C17H13NO2/c19-16-8-4-1-5-12(16)9-10-13-11-17(20)14-6-2-3-7-15(14)18-13/h1-11,19H,(H,18,20)/b10-9+. The number of para-hydroxylation sites is 2. The van der Waals surface area contributed by atoms with Gasteiger partial charge in [-0.1, -0.05) is 30.3 Å². The average molecular weight is 263 g/mol. The fourth-order valence-electron chi connectivity index (χ4n) is 2.12. The van der Waals surface area contributed by atoms with Crippen LogP contribution in [0.3, 0.4) is 0 Å². The first kappa shape index (κ1) is 12.2. The highest BCUT2D eigenvalue weighted by Crippen LogP contribution is 2.18. The Bertz CT molecular complexity index is 847. The molecule has 0 fully saturated rings. The molecule has 3 rings (SSSR count). The quantitative estimate of drug-likeness (QED) is 0.744. The first-order valence-electron chi connectivity index (χ1n) is 6.32. The van der Waals surface area contributed by atoms with Gasteiger partial charge in [0.15, 0.2) is 5.43 Å². The zero-order chi connectivity index (χ0) is 13.9. The first-order valence-corrected chi connectivity index (χ1v) is 6.32. The lowest BCUT2D eigenvalue weighted by atomic mass is 10.1. The summed E-state index contributed by atoms with van der Waals surface area (Å²) in [7, 11) is 0. The molecular formula is C17H13NO2. The molecule has 3 nitrogen and oxygen atoms in total. The van der Waals surface area contributed by atoms with Crippen LogP contribution in [-0.2, 0) is 0 Å². The van der Waals surface area contributed by atoms with Crippen LogP contribution in [0.4, 0.5) is 0 Å². The van der Waals surface area contributed by atoms with Gasteiger partial charge in [-0.25, -0.2) is 0 Å². The second-order valence-electron chi connectivity index (χ2n) is 4.53. The molecule has 0 saturated carbocycles. The van der Waals surface area contributed by atoms with E-state index in [1.54, 1.807) is 36.4 Å². The average Bonchev–Trinajstić information content (AvgIpc) is 2.46. The summed E-state index contributed by atoms with van der Waals surface area (Å²) in [4.78, 5) is 15.2. The van der Waals surface area contributed by atoms with E-state index in [0.717, 1.165) is 5.52 Å². The predicted molar refractivity (Wildman–Crippen MR) is 81.6 cm³/mol. The van der Waals surface area contributed by atoms with Crippen molar-refractivity contribution in [3.8, 4) is 5.75 Å². The van der Waals surface area contributed by atoms with E-state index in [-0.39, 0.29) is 11.2 Å². The Hall–Kier alpha value is -2.81. The largest absolute Gasteiger partial charge is 0.507 e. The van der Waals surface area contributed by atoms with Crippen LogP contribution in [-0.4, -0.2) is 10.1 Å². The zero-order valence-electron chi connectivity index (χ0n) is 10.7. The van der Waals surface area contributed by atoms with E-state index in [2.05, 4.69) is 4.98 Å². The van der Waals surface area contributed by atoms with Crippen molar-refractivity contribution in [2.45, 2.75) is 0 Å². The summed E-state index contributed by atoms with van der Waals surface area (Å²) in [6, 6.07) is 16.0. The minimum atomic E-state index is -0.0173. The molecule has 98 valence electrons. The van der Waals surface area contributed by atoms with Gasteiger partial charge in [0.1, 0.15) is 5.75 Å². The molecule has 0 radical (unpaired) electrons. The van der Waals surface area contributed by atoms with Crippen LogP contribution in [0.1, 0.15) is 11.3 Å². The second kappa shape index (κ2) is 5.05. The molecule has 20 heavy (non-hydrogen) atoms. The Morgan fingerprint density at radius 1 is 0.950 bits per heavy atom. The molecule has 0 unspecified atom stereocenters. The molecule has 0 aliphatic carbocycles. The summed E-state index contributed by atoms with van der Waals surface area (Å²) >= 11 is 0. The van der Waals surface area contributed by atoms with Gasteiger partial charge in [0, 0.05) is 28.2 Å². The third-order valence-corrected chi connectivity index (χ3v) is 3.14. The van der Waals surface area contributed by atoms with Crippen molar-refractivity contribution in [1.82, 2.24) is 4.98 Å². The lowest BCUT2D eigenvalue weighted by Crippen LogP contribution is -2.02. The molecule has 0 saturated heterocycles. The number of hydrogen-bond donors (Lipinski definition) is 2. The number of aromatic hydroxyl groups is 1. The Labute approximate surface area is 115 Å². The fraction of sp³-hybridized carbons (Fsp3) is 0. The minimum absolute atomic E-state index is 0.0173. The number of rotatable bonds is 2. The maximum Gasteiger partial charge on any atom is 0.189 e. The third-order valence-electron chi connectivity index (χ3n) is 3.14. The fourth-order valence-corrected chi connectivity index (χ4v) is 2.12. The van der Waals surface area contributed by atoms with Crippen molar-refractivity contribution in [1.29, 1.82) is 0 Å². The van der Waals surface area contributed by atoms with E-state index in [1.165, 1.54) is 0 Å². The van der Waals surface area contributed by atoms with Gasteiger partial charge in [0.2, 0.25) is 0 Å². The molecule has 0 amide bonds. The Kier molecular flexibility index (Phi) is 3.09.